The summed E-state index contributed by atoms with van der Waals surface area (Å²) in [5.74, 6) is -3.03. The van der Waals surface area contributed by atoms with Gasteiger partial charge in [-0.15, -0.1) is 0 Å². The summed E-state index contributed by atoms with van der Waals surface area (Å²) in [5, 5.41) is 58.3. The molecule has 3 fully saturated rings. The van der Waals surface area contributed by atoms with E-state index in [-0.39, 0.29) is 31.1 Å². The molecule has 3 aliphatic heterocycles. The maximum Gasteiger partial charge on any atom is 0.311 e. The summed E-state index contributed by atoms with van der Waals surface area (Å²) in [4.78, 5) is 30.0. The van der Waals surface area contributed by atoms with Crippen LogP contribution in [0, 0.1) is 17.8 Å². The predicted molar refractivity (Wildman–Crippen MR) is 199 cm³/mol. The zero-order valence-corrected chi connectivity index (χ0v) is 35.1. The van der Waals surface area contributed by atoms with Crippen LogP contribution < -0.4 is 0 Å². The third-order valence-corrected chi connectivity index (χ3v) is 12.5. The first-order valence-corrected chi connectivity index (χ1v) is 19.6. The molecule has 0 spiro atoms. The maximum absolute atomic E-state index is 14.2. The molecule has 15 nitrogen and oxygen atoms in total. The van der Waals surface area contributed by atoms with Gasteiger partial charge in [-0.2, -0.15) is 0 Å². The van der Waals surface area contributed by atoms with E-state index in [1.54, 1.807) is 55.5 Å². The molecule has 3 heterocycles. The van der Waals surface area contributed by atoms with E-state index in [9.17, 15) is 35.1 Å². The molecule has 316 valence electrons. The van der Waals surface area contributed by atoms with Gasteiger partial charge in [-0.25, -0.2) is 0 Å². The Balaban J connectivity index is 2.19. The van der Waals surface area contributed by atoms with E-state index in [1.165, 1.54) is 25.9 Å². The number of methoxy groups -OCH3 is 1. The Hall–Kier alpha value is -1.50. The molecule has 3 saturated heterocycles. The third-order valence-electron chi connectivity index (χ3n) is 12.5. The number of aliphatic hydroxyl groups excluding tert-OH is 3. The molecule has 0 aromatic carbocycles. The van der Waals surface area contributed by atoms with Crippen LogP contribution in [-0.4, -0.2) is 165 Å². The number of nitrogens with zero attached hydrogens (tertiary/aromatic N) is 2. The van der Waals surface area contributed by atoms with E-state index in [4.69, 9.17) is 28.4 Å². The van der Waals surface area contributed by atoms with Crippen LogP contribution in [0.15, 0.2) is 0 Å². The topological polar surface area (TPSA) is 197 Å². The van der Waals surface area contributed by atoms with Crippen LogP contribution in [0.4, 0.5) is 0 Å². The molecule has 0 bridgehead atoms. The van der Waals surface area contributed by atoms with Crippen molar-refractivity contribution in [2.75, 3.05) is 27.7 Å². The van der Waals surface area contributed by atoms with Crippen molar-refractivity contribution in [2.45, 2.75) is 192 Å². The van der Waals surface area contributed by atoms with Gasteiger partial charge in [-0.05, 0) is 80.7 Å². The summed E-state index contributed by atoms with van der Waals surface area (Å²) in [7, 11) is 4.92. The number of likely N-dealkylation sites (N-methyl/N-ethyl adjacent to an activating group) is 2. The van der Waals surface area contributed by atoms with Crippen molar-refractivity contribution in [3.8, 4) is 0 Å². The Morgan fingerprint density at radius 2 is 1.59 bits per heavy atom. The van der Waals surface area contributed by atoms with Crippen LogP contribution in [-0.2, 0) is 38.0 Å². The molecule has 0 aliphatic carbocycles. The van der Waals surface area contributed by atoms with Crippen LogP contribution >= 0.6 is 0 Å². The SMILES string of the molecule is CC[C@H]1OC(=O)[C@H](C)[C@@H](O[C@H]2C[C@@](C)(OC)[C@@H](O)[C@H](C)O2)[C@H](C)[C@@H](O[C@@H]2O[C@H](C)C[C@H](N(C)C(C)=O)[C@H]2O)C(C)(O)C[C@@H](C)CN(C)[C@H](C)[C@@H](O)[C@]1(C)O. The molecule has 15 heteroatoms. The van der Waals surface area contributed by atoms with Gasteiger partial charge in [0.2, 0.25) is 5.91 Å². The molecule has 0 radical (unpaired) electrons. The van der Waals surface area contributed by atoms with Gasteiger partial charge in [0, 0.05) is 46.0 Å². The minimum Gasteiger partial charge on any atom is -0.459 e. The molecular formula is C39H72N2O13. The van der Waals surface area contributed by atoms with Gasteiger partial charge in [0.25, 0.3) is 0 Å². The fourth-order valence-corrected chi connectivity index (χ4v) is 8.84. The van der Waals surface area contributed by atoms with E-state index in [0.717, 1.165) is 0 Å². The van der Waals surface area contributed by atoms with Crippen molar-refractivity contribution in [1.82, 2.24) is 9.80 Å². The summed E-state index contributed by atoms with van der Waals surface area (Å²) in [5.41, 5.74) is -4.51. The Kier molecular flexibility index (Phi) is 16.0. The number of hydrogen-bond donors (Lipinski definition) is 5. The first-order chi connectivity index (χ1) is 24.8. The summed E-state index contributed by atoms with van der Waals surface area (Å²) in [6.07, 6.45) is -9.39. The van der Waals surface area contributed by atoms with Crippen molar-refractivity contribution in [1.29, 1.82) is 0 Å². The summed E-state index contributed by atoms with van der Waals surface area (Å²) in [6, 6.07) is -1.20. The zero-order valence-electron chi connectivity index (χ0n) is 35.1. The first kappa shape index (κ1) is 46.9. The molecule has 0 aromatic heterocycles. The fourth-order valence-electron chi connectivity index (χ4n) is 8.84. The van der Waals surface area contributed by atoms with E-state index < -0.39 is 108 Å². The second-order valence-corrected chi connectivity index (χ2v) is 17.3. The Bertz CT molecular complexity index is 1240. The zero-order chi connectivity index (χ0) is 41.2. The van der Waals surface area contributed by atoms with Crippen molar-refractivity contribution >= 4 is 11.9 Å². The third kappa shape index (κ3) is 10.3. The van der Waals surface area contributed by atoms with E-state index in [1.807, 2.05) is 25.8 Å². The quantitative estimate of drug-likeness (QED) is 0.235. The number of hydrogen-bond acceptors (Lipinski definition) is 14. The summed E-state index contributed by atoms with van der Waals surface area (Å²) >= 11 is 0. The average Bonchev–Trinajstić information content (AvgIpc) is 3.09. The normalized spacial score (nSPS) is 48.0. The monoisotopic (exact) mass is 777 g/mol. The van der Waals surface area contributed by atoms with Crippen LogP contribution in [0.3, 0.4) is 0 Å². The highest BCUT2D eigenvalue weighted by Gasteiger charge is 2.53. The van der Waals surface area contributed by atoms with Crippen molar-refractivity contribution in [3.05, 3.63) is 0 Å². The van der Waals surface area contributed by atoms with Crippen molar-refractivity contribution < 1.29 is 63.5 Å². The standard InChI is InChI=1S/C39H72N2O13/c1-15-28-39(11,48)32(44)24(6)40(12)19-20(2)17-37(9,47)34(54-36-30(43)27(16-21(3)50-36)41(13)26(8)42)22(4)31(23(5)35(46)52-28)53-29-18-38(10,49-14)33(45)25(7)51-29/h20-25,27-34,36,43-45,47-48H,15-19H2,1-14H3/t20-,21-,22+,23-,24-,25+,27+,28-,29+,30-,31+,32-,33+,34-,36+,37?,38-,39-/m1/s1. The van der Waals surface area contributed by atoms with Gasteiger partial charge in [-0.1, -0.05) is 20.8 Å². The number of ether oxygens (including phenoxy) is 6. The number of carbonyl (C=O) groups is 2. The van der Waals surface area contributed by atoms with Gasteiger partial charge in [0.15, 0.2) is 12.6 Å². The number of cyclic esters (lactones) is 1. The van der Waals surface area contributed by atoms with Gasteiger partial charge < -0.3 is 63.8 Å². The van der Waals surface area contributed by atoms with Gasteiger partial charge in [0.1, 0.15) is 30.0 Å². The number of aliphatic hydroxyl groups is 5. The number of esters is 1. The highest BCUT2D eigenvalue weighted by atomic mass is 16.7. The van der Waals surface area contributed by atoms with Gasteiger partial charge in [-0.3, -0.25) is 9.59 Å². The largest absolute Gasteiger partial charge is 0.459 e. The Morgan fingerprint density at radius 1 is 0.981 bits per heavy atom. The summed E-state index contributed by atoms with van der Waals surface area (Å²) < 4.78 is 37.4. The van der Waals surface area contributed by atoms with Crippen LogP contribution in [0.25, 0.3) is 0 Å². The molecule has 54 heavy (non-hydrogen) atoms. The molecular weight excluding hydrogens is 704 g/mol. The first-order valence-electron chi connectivity index (χ1n) is 19.6. The minimum atomic E-state index is -1.83. The smallest absolute Gasteiger partial charge is 0.311 e. The minimum absolute atomic E-state index is 0.0999. The number of carbonyl (C=O) groups excluding carboxylic acids is 2. The molecule has 5 N–H and O–H groups in total. The summed E-state index contributed by atoms with van der Waals surface area (Å²) in [6.45, 7) is 19.1. The molecule has 3 aliphatic rings. The van der Waals surface area contributed by atoms with Crippen LogP contribution in [0.1, 0.15) is 102 Å². The van der Waals surface area contributed by atoms with E-state index >= 15 is 0 Å². The average molecular weight is 777 g/mol. The van der Waals surface area contributed by atoms with E-state index in [2.05, 4.69) is 0 Å². The Labute approximate surface area is 322 Å². The number of rotatable bonds is 7. The Morgan fingerprint density at radius 3 is 2.15 bits per heavy atom. The molecule has 1 amide bonds. The van der Waals surface area contributed by atoms with E-state index in [0.29, 0.717) is 13.0 Å². The lowest BCUT2D eigenvalue weighted by Crippen LogP contribution is -2.61. The molecule has 0 saturated carbocycles. The molecule has 3 rings (SSSR count). The number of amides is 1. The highest BCUT2D eigenvalue weighted by molar-refractivity contribution is 5.73. The molecule has 18 atom stereocenters. The lowest BCUT2D eigenvalue weighted by Gasteiger charge is -2.49. The van der Waals surface area contributed by atoms with Crippen molar-refractivity contribution in [2.24, 2.45) is 17.8 Å². The van der Waals surface area contributed by atoms with Gasteiger partial charge in [0.05, 0.1) is 47.6 Å². The van der Waals surface area contributed by atoms with Crippen LogP contribution in [0.2, 0.25) is 0 Å². The molecule has 1 unspecified atom stereocenters. The predicted octanol–water partition coefficient (Wildman–Crippen LogP) is 1.82. The highest BCUT2D eigenvalue weighted by Crippen LogP contribution is 2.40. The second kappa shape index (κ2) is 18.4. The van der Waals surface area contributed by atoms with Crippen molar-refractivity contribution in [3.63, 3.8) is 0 Å². The lowest BCUT2D eigenvalue weighted by atomic mass is 9.77. The lowest BCUT2D eigenvalue weighted by molar-refractivity contribution is -0.317. The fraction of sp³-hybridized carbons (Fsp3) is 0.949. The van der Waals surface area contributed by atoms with Crippen LogP contribution in [0.5, 0.6) is 0 Å². The second-order valence-electron chi connectivity index (χ2n) is 17.3. The van der Waals surface area contributed by atoms with Gasteiger partial charge >= 0.3 is 5.97 Å². The maximum atomic E-state index is 14.2. The molecule has 0 aromatic rings.